The van der Waals surface area contributed by atoms with Crippen molar-refractivity contribution in [3.8, 4) is 12.8 Å². The van der Waals surface area contributed by atoms with E-state index >= 15 is 0 Å². The van der Waals surface area contributed by atoms with Gasteiger partial charge in [0.1, 0.15) is 5.82 Å². The first-order chi connectivity index (χ1) is 14.0. The lowest BCUT2D eigenvalue weighted by molar-refractivity contribution is 0.596. The Morgan fingerprint density at radius 2 is 1.86 bits per heavy atom. The van der Waals surface area contributed by atoms with E-state index in [0.717, 1.165) is 38.5 Å². The van der Waals surface area contributed by atoms with Crippen molar-refractivity contribution in [2.75, 3.05) is 36.2 Å². The fourth-order valence-electron chi connectivity index (χ4n) is 2.19. The number of terminal acetylenes is 1. The van der Waals surface area contributed by atoms with Gasteiger partial charge < -0.3 is 16.4 Å². The van der Waals surface area contributed by atoms with Crippen molar-refractivity contribution in [2.24, 2.45) is 5.73 Å². The molecule has 1 aromatic heterocycles. The maximum atomic E-state index is 14.3. The average Bonchev–Trinajstić information content (AvgIpc) is 3.12. The third-order valence-corrected chi connectivity index (χ3v) is 5.77. The number of hydrogen-bond donors (Lipinski definition) is 4. The predicted molar refractivity (Wildman–Crippen MR) is 118 cm³/mol. The van der Waals surface area contributed by atoms with Gasteiger partial charge in [-0.1, -0.05) is 22.9 Å². The number of aromatic nitrogens is 1. The zero-order valence-corrected chi connectivity index (χ0v) is 18.1. The van der Waals surface area contributed by atoms with Crippen molar-refractivity contribution in [2.45, 2.75) is 24.2 Å². The minimum atomic E-state index is -1.94. The quantitative estimate of drug-likeness (QED) is 0.285. The normalized spacial score (nSPS) is 11.4. The second kappa shape index (κ2) is 14.3. The minimum absolute atomic E-state index is 0.101. The van der Waals surface area contributed by atoms with E-state index in [9.17, 15) is 13.0 Å². The molecule has 0 aliphatic carbocycles. The van der Waals surface area contributed by atoms with Crippen molar-refractivity contribution in [1.29, 1.82) is 0 Å². The van der Waals surface area contributed by atoms with Crippen LogP contribution in [0.15, 0.2) is 23.2 Å². The molecule has 0 saturated carbocycles. The van der Waals surface area contributed by atoms with Crippen molar-refractivity contribution < 1.29 is 13.0 Å². The number of unbranched alkanes of at least 4 members (excludes halogenated alkanes) is 1. The zero-order valence-electron chi connectivity index (χ0n) is 15.7. The number of anilines is 2. The van der Waals surface area contributed by atoms with E-state index < -0.39 is 21.9 Å². The lowest BCUT2D eigenvalue weighted by atomic mass is 10.2. The Morgan fingerprint density at radius 1 is 1.17 bits per heavy atom. The molecule has 1 unspecified atom stereocenters. The van der Waals surface area contributed by atoms with Crippen LogP contribution in [0.2, 0.25) is 5.02 Å². The number of hydrogen-bond acceptors (Lipinski definition) is 6. The molecule has 1 atom stereocenters. The van der Waals surface area contributed by atoms with Crippen molar-refractivity contribution in [3.63, 3.8) is 0 Å². The molecule has 29 heavy (non-hydrogen) atoms. The number of rotatable bonds is 12. The number of benzene rings is 1. The van der Waals surface area contributed by atoms with Gasteiger partial charge in [-0.25, -0.2) is 13.6 Å². The van der Waals surface area contributed by atoms with Crippen LogP contribution < -0.4 is 21.1 Å². The number of nitrogens with zero attached hydrogens (tertiary/aromatic N) is 1. The minimum Gasteiger partial charge on any atom is -0.384 e. The van der Waals surface area contributed by atoms with Crippen LogP contribution in [0.25, 0.3) is 0 Å². The summed E-state index contributed by atoms with van der Waals surface area (Å²) < 4.78 is 41.9. The lowest BCUT2D eigenvalue weighted by Crippen LogP contribution is -2.19. The molecule has 11 heteroatoms. The van der Waals surface area contributed by atoms with E-state index in [0.29, 0.717) is 30.1 Å². The monoisotopic (exact) mass is 463 g/mol. The molecular weight excluding hydrogens is 440 g/mol. The van der Waals surface area contributed by atoms with E-state index in [4.69, 9.17) is 17.3 Å². The van der Waals surface area contributed by atoms with Crippen LogP contribution in [0.3, 0.4) is 0 Å². The van der Waals surface area contributed by atoms with E-state index in [1.54, 1.807) is 0 Å². The highest BCUT2D eigenvalue weighted by Crippen LogP contribution is 2.28. The van der Waals surface area contributed by atoms with Crippen LogP contribution >= 0.6 is 22.9 Å². The topological polar surface area (TPSA) is 92.1 Å². The number of halogens is 3. The van der Waals surface area contributed by atoms with Gasteiger partial charge in [-0.05, 0) is 51.0 Å². The second-order valence-corrected chi connectivity index (χ2v) is 8.20. The molecule has 0 saturated heterocycles. The van der Waals surface area contributed by atoms with Gasteiger partial charge >= 0.3 is 0 Å². The van der Waals surface area contributed by atoms with Crippen LogP contribution in [-0.4, -0.2) is 35.4 Å². The Morgan fingerprint density at radius 3 is 2.52 bits per heavy atom. The van der Waals surface area contributed by atoms with Gasteiger partial charge in [0.05, 0.1) is 21.8 Å². The fraction of sp³-hybridized carbons (Fsp3) is 0.389. The fourth-order valence-corrected chi connectivity index (χ4v) is 4.06. The van der Waals surface area contributed by atoms with E-state index in [1.165, 1.54) is 12.1 Å². The molecule has 2 rings (SSSR count). The first-order valence-corrected chi connectivity index (χ1v) is 11.1. The molecule has 1 heterocycles. The molecule has 0 aliphatic heterocycles. The Hall–Kier alpha value is -1.77. The van der Waals surface area contributed by atoms with Crippen LogP contribution in [0.4, 0.5) is 19.6 Å². The standard InChI is InChI=1S/C16H22ClF2N5OS2.C2H2/c17-11-8-14(27(25)24-16-23-10-15(19)26-16)12(18)9-13(11)22-7-2-1-5-21-6-3-4-20;1-2/h8-10,21-22H,1-7,20H2,(H,23,24);1-2H. The molecule has 0 aliphatic rings. The summed E-state index contributed by atoms with van der Waals surface area (Å²) in [7, 11) is -1.94. The average molecular weight is 464 g/mol. The summed E-state index contributed by atoms with van der Waals surface area (Å²) in [5.74, 6) is -0.673. The van der Waals surface area contributed by atoms with Gasteiger partial charge in [-0.2, -0.15) is 4.39 Å². The smallest absolute Gasteiger partial charge is 0.198 e. The first kappa shape index (κ1) is 25.3. The van der Waals surface area contributed by atoms with Gasteiger partial charge in [0, 0.05) is 6.54 Å². The summed E-state index contributed by atoms with van der Waals surface area (Å²) >= 11 is 6.85. The van der Waals surface area contributed by atoms with Crippen molar-refractivity contribution >= 4 is 44.7 Å². The largest absolute Gasteiger partial charge is 0.384 e. The summed E-state index contributed by atoms with van der Waals surface area (Å²) in [4.78, 5) is 3.57. The Kier molecular flexibility index (Phi) is 12.4. The van der Waals surface area contributed by atoms with Gasteiger partial charge in [0.15, 0.2) is 21.2 Å². The van der Waals surface area contributed by atoms with E-state index in [-0.39, 0.29) is 15.0 Å². The Labute approximate surface area is 181 Å². The molecular formula is C18H24ClF2N5OS2. The summed E-state index contributed by atoms with van der Waals surface area (Å²) in [6.07, 6.45) is 11.8. The summed E-state index contributed by atoms with van der Waals surface area (Å²) in [5.41, 5.74) is 5.85. The SMILES string of the molecule is C#C.NCCCNCCCCNc1cc(F)c(S(=O)Nc2ncc(F)s2)cc1Cl. The molecule has 0 amide bonds. The maximum absolute atomic E-state index is 14.3. The molecule has 1 aromatic carbocycles. The van der Waals surface area contributed by atoms with Crippen LogP contribution in [0.1, 0.15) is 19.3 Å². The zero-order chi connectivity index (χ0) is 21.6. The second-order valence-electron chi connectivity index (χ2n) is 5.63. The maximum Gasteiger partial charge on any atom is 0.198 e. The highest BCUT2D eigenvalue weighted by Gasteiger charge is 2.15. The molecule has 2 aromatic rings. The molecule has 0 spiro atoms. The van der Waals surface area contributed by atoms with Crippen LogP contribution in [0.5, 0.6) is 0 Å². The van der Waals surface area contributed by atoms with Gasteiger partial charge in [-0.15, -0.1) is 12.8 Å². The van der Waals surface area contributed by atoms with E-state index in [2.05, 4.69) is 33.2 Å². The molecule has 160 valence electrons. The third-order valence-electron chi connectivity index (χ3n) is 3.53. The number of thiazole rings is 1. The van der Waals surface area contributed by atoms with Gasteiger partial charge in [0.25, 0.3) is 0 Å². The van der Waals surface area contributed by atoms with Crippen molar-refractivity contribution in [3.05, 3.63) is 34.3 Å². The summed E-state index contributed by atoms with van der Waals surface area (Å²) in [5, 5.41) is 6.19. The van der Waals surface area contributed by atoms with E-state index in [1.807, 2.05) is 0 Å². The molecule has 5 N–H and O–H groups in total. The first-order valence-electron chi connectivity index (χ1n) is 8.78. The number of nitrogens with two attached hydrogens (primary N) is 1. The molecule has 0 radical (unpaired) electrons. The third kappa shape index (κ3) is 9.06. The molecule has 0 bridgehead atoms. The van der Waals surface area contributed by atoms with Gasteiger partial charge in [0.2, 0.25) is 0 Å². The van der Waals surface area contributed by atoms with Crippen LogP contribution in [0, 0.1) is 23.8 Å². The molecule has 0 fully saturated rings. The Balaban J connectivity index is 0.00000204. The highest BCUT2D eigenvalue weighted by atomic mass is 35.5. The predicted octanol–water partition coefficient (Wildman–Crippen LogP) is 3.59. The Bertz CT molecular complexity index is 804. The van der Waals surface area contributed by atoms with Gasteiger partial charge in [-0.3, -0.25) is 4.72 Å². The molecule has 6 nitrogen and oxygen atoms in total. The lowest BCUT2D eigenvalue weighted by Gasteiger charge is -2.11. The summed E-state index contributed by atoms with van der Waals surface area (Å²) in [6, 6.07) is 2.50. The number of nitrogens with one attached hydrogen (secondary N) is 3. The van der Waals surface area contributed by atoms with Crippen molar-refractivity contribution in [1.82, 2.24) is 10.3 Å². The van der Waals surface area contributed by atoms with Crippen LogP contribution in [-0.2, 0) is 11.0 Å². The highest BCUT2D eigenvalue weighted by molar-refractivity contribution is 7.86. The summed E-state index contributed by atoms with van der Waals surface area (Å²) in [6.45, 7) is 3.11.